The first-order chi connectivity index (χ1) is 16.9. The van der Waals surface area contributed by atoms with Gasteiger partial charge in [0.1, 0.15) is 17.1 Å². The number of phenolic OH excluding ortho intramolecular Hbond substituents is 2. The molecule has 7 heteroatoms. The summed E-state index contributed by atoms with van der Waals surface area (Å²) in [6.07, 6.45) is 2.60. The van der Waals surface area contributed by atoms with Crippen molar-refractivity contribution in [1.82, 2.24) is 9.80 Å². The van der Waals surface area contributed by atoms with Gasteiger partial charge in [-0.15, -0.1) is 0 Å². The number of rotatable bonds is 4. The Morgan fingerprint density at radius 2 is 1.64 bits per heavy atom. The average molecular weight is 495 g/mol. The van der Waals surface area contributed by atoms with Gasteiger partial charge in [0, 0.05) is 32.2 Å². The van der Waals surface area contributed by atoms with Gasteiger partial charge in [-0.05, 0) is 80.2 Å². The van der Waals surface area contributed by atoms with E-state index in [1.54, 1.807) is 15.9 Å². The molecule has 1 saturated heterocycles. The third-order valence-corrected chi connectivity index (χ3v) is 7.07. The zero-order valence-corrected chi connectivity index (χ0v) is 22.0. The van der Waals surface area contributed by atoms with Crippen LogP contribution in [-0.4, -0.2) is 50.7 Å². The molecule has 7 nitrogen and oxygen atoms in total. The van der Waals surface area contributed by atoms with Crippen molar-refractivity contribution in [2.24, 2.45) is 5.92 Å². The third kappa shape index (κ3) is 5.77. The van der Waals surface area contributed by atoms with E-state index >= 15 is 0 Å². The van der Waals surface area contributed by atoms with Crippen molar-refractivity contribution in [2.45, 2.75) is 78.5 Å². The number of fused-ring (bicyclic) bond motifs is 1. The molecular weight excluding hydrogens is 456 g/mol. The lowest BCUT2D eigenvalue weighted by molar-refractivity contribution is 0.0184. The second kappa shape index (κ2) is 10.0. The lowest BCUT2D eigenvalue weighted by Crippen LogP contribution is -2.42. The van der Waals surface area contributed by atoms with Crippen LogP contribution in [0, 0.1) is 5.92 Å². The number of piperidine rings is 1. The molecule has 2 N–H and O–H groups in total. The number of benzene rings is 2. The SMILES string of the molecule is CC(C)c1cc(C(=O)N2Cc3ccc(CC4CCN(C(=O)OC(C)(C)C)CC4)cc3C2)c(O)cc1O. The minimum atomic E-state index is -0.481. The van der Waals surface area contributed by atoms with Gasteiger partial charge in [-0.3, -0.25) is 4.79 Å². The molecule has 0 unspecified atom stereocenters. The molecule has 2 aliphatic rings. The summed E-state index contributed by atoms with van der Waals surface area (Å²) in [6.45, 7) is 12.0. The molecule has 2 aliphatic heterocycles. The van der Waals surface area contributed by atoms with Crippen LogP contribution in [-0.2, 0) is 24.2 Å². The number of hydrogen-bond donors (Lipinski definition) is 2. The highest BCUT2D eigenvalue weighted by Crippen LogP contribution is 2.35. The number of carbonyl (C=O) groups is 2. The van der Waals surface area contributed by atoms with E-state index in [2.05, 4.69) is 18.2 Å². The molecule has 0 aromatic heterocycles. The van der Waals surface area contributed by atoms with Crippen molar-refractivity contribution < 1.29 is 24.5 Å². The van der Waals surface area contributed by atoms with Crippen LogP contribution in [0.1, 0.15) is 86.0 Å². The summed E-state index contributed by atoms with van der Waals surface area (Å²) in [4.78, 5) is 29.1. The summed E-state index contributed by atoms with van der Waals surface area (Å²) in [5.74, 6) is 0.110. The van der Waals surface area contributed by atoms with E-state index in [9.17, 15) is 19.8 Å². The van der Waals surface area contributed by atoms with Gasteiger partial charge >= 0.3 is 6.09 Å². The fourth-order valence-electron chi connectivity index (χ4n) is 5.10. The van der Waals surface area contributed by atoms with Crippen molar-refractivity contribution in [2.75, 3.05) is 13.1 Å². The topological polar surface area (TPSA) is 90.3 Å². The molecule has 0 radical (unpaired) electrons. The van der Waals surface area contributed by atoms with Crippen LogP contribution in [0.3, 0.4) is 0 Å². The molecular formula is C29H38N2O5. The fraction of sp³-hybridized carbons (Fsp3) is 0.517. The summed E-state index contributed by atoms with van der Waals surface area (Å²) in [6, 6.07) is 9.30. The number of aromatic hydroxyl groups is 2. The largest absolute Gasteiger partial charge is 0.508 e. The first-order valence-corrected chi connectivity index (χ1v) is 12.8. The maximum Gasteiger partial charge on any atom is 0.410 e. The Morgan fingerprint density at radius 3 is 2.28 bits per heavy atom. The molecule has 2 aromatic rings. The van der Waals surface area contributed by atoms with Crippen molar-refractivity contribution >= 4 is 12.0 Å². The molecule has 2 aromatic carbocycles. The average Bonchev–Trinajstić information content (AvgIpc) is 3.21. The zero-order valence-electron chi connectivity index (χ0n) is 22.0. The standard InChI is InChI=1S/C29H38N2O5/c1-18(2)23-14-24(26(33)15-25(23)32)27(34)31-16-21-7-6-20(13-22(21)17-31)12-19-8-10-30(11-9-19)28(35)36-29(3,4)5/h6-7,13-15,18-19,32-33H,8-12,16-17H2,1-5H3. The van der Waals surface area contributed by atoms with Crippen LogP contribution in [0.4, 0.5) is 4.79 Å². The summed E-state index contributed by atoms with van der Waals surface area (Å²) in [7, 11) is 0. The van der Waals surface area contributed by atoms with Crippen molar-refractivity contribution in [3.63, 3.8) is 0 Å². The molecule has 36 heavy (non-hydrogen) atoms. The lowest BCUT2D eigenvalue weighted by atomic mass is 9.89. The Hall–Kier alpha value is -3.22. The second-order valence-corrected chi connectivity index (χ2v) is 11.5. The van der Waals surface area contributed by atoms with E-state index in [0.717, 1.165) is 30.4 Å². The van der Waals surface area contributed by atoms with Crippen LogP contribution in [0.2, 0.25) is 0 Å². The molecule has 0 bridgehead atoms. The fourth-order valence-corrected chi connectivity index (χ4v) is 5.10. The molecule has 194 valence electrons. The number of carbonyl (C=O) groups excluding carboxylic acids is 2. The first-order valence-electron chi connectivity index (χ1n) is 12.8. The second-order valence-electron chi connectivity index (χ2n) is 11.5. The summed E-state index contributed by atoms with van der Waals surface area (Å²) in [5.41, 5.74) is 3.89. The molecule has 4 rings (SSSR count). The highest BCUT2D eigenvalue weighted by Gasteiger charge is 2.29. The molecule has 0 saturated carbocycles. The van der Waals surface area contributed by atoms with Gasteiger partial charge in [0.25, 0.3) is 5.91 Å². The molecule has 1 fully saturated rings. The Morgan fingerprint density at radius 1 is 0.972 bits per heavy atom. The summed E-state index contributed by atoms with van der Waals surface area (Å²) in [5, 5.41) is 20.5. The van der Waals surface area contributed by atoms with Gasteiger partial charge in [-0.1, -0.05) is 32.0 Å². The maximum atomic E-state index is 13.2. The Labute approximate surface area is 213 Å². The van der Waals surface area contributed by atoms with Crippen LogP contribution in [0.15, 0.2) is 30.3 Å². The van der Waals surface area contributed by atoms with Gasteiger partial charge in [0.05, 0.1) is 5.56 Å². The zero-order chi connectivity index (χ0) is 26.2. The molecule has 2 heterocycles. The molecule has 0 atom stereocenters. The maximum absolute atomic E-state index is 13.2. The first kappa shape index (κ1) is 25.9. The molecule has 2 amide bonds. The van der Waals surface area contributed by atoms with Gasteiger partial charge in [0.15, 0.2) is 0 Å². The predicted molar refractivity (Wildman–Crippen MR) is 138 cm³/mol. The Kier molecular flexibility index (Phi) is 7.21. The molecule has 0 spiro atoms. The van der Waals surface area contributed by atoms with E-state index in [0.29, 0.717) is 37.7 Å². The number of nitrogens with zero attached hydrogens (tertiary/aromatic N) is 2. The van der Waals surface area contributed by atoms with Crippen LogP contribution in [0.25, 0.3) is 0 Å². The predicted octanol–water partition coefficient (Wildman–Crippen LogP) is 5.57. The van der Waals surface area contributed by atoms with Crippen molar-refractivity contribution in [3.05, 3.63) is 58.1 Å². The Bertz CT molecular complexity index is 1140. The number of amides is 2. The van der Waals surface area contributed by atoms with Gasteiger partial charge in [-0.2, -0.15) is 0 Å². The smallest absolute Gasteiger partial charge is 0.410 e. The quantitative estimate of drug-likeness (QED) is 0.580. The Balaban J connectivity index is 1.37. The molecule has 0 aliphatic carbocycles. The number of likely N-dealkylation sites (tertiary alicyclic amines) is 1. The number of ether oxygens (including phenoxy) is 1. The lowest BCUT2D eigenvalue weighted by Gasteiger charge is -2.33. The van der Waals surface area contributed by atoms with Crippen LogP contribution < -0.4 is 0 Å². The summed E-state index contributed by atoms with van der Waals surface area (Å²) < 4.78 is 5.50. The third-order valence-electron chi connectivity index (χ3n) is 7.07. The van der Waals surface area contributed by atoms with Crippen LogP contribution >= 0.6 is 0 Å². The van der Waals surface area contributed by atoms with Crippen molar-refractivity contribution in [1.29, 1.82) is 0 Å². The van der Waals surface area contributed by atoms with Gasteiger partial charge in [0.2, 0.25) is 0 Å². The number of hydrogen-bond acceptors (Lipinski definition) is 5. The minimum Gasteiger partial charge on any atom is -0.508 e. The van der Waals surface area contributed by atoms with Gasteiger partial charge in [-0.25, -0.2) is 4.79 Å². The van der Waals surface area contributed by atoms with E-state index in [1.165, 1.54) is 11.6 Å². The van der Waals surface area contributed by atoms with E-state index in [4.69, 9.17) is 4.74 Å². The van der Waals surface area contributed by atoms with E-state index in [1.807, 2.05) is 34.6 Å². The van der Waals surface area contributed by atoms with Crippen LogP contribution in [0.5, 0.6) is 11.5 Å². The highest BCUT2D eigenvalue weighted by molar-refractivity contribution is 5.97. The summed E-state index contributed by atoms with van der Waals surface area (Å²) >= 11 is 0. The monoisotopic (exact) mass is 494 g/mol. The van der Waals surface area contributed by atoms with E-state index < -0.39 is 5.60 Å². The normalized spacial score (nSPS) is 16.4. The highest BCUT2D eigenvalue weighted by atomic mass is 16.6. The minimum absolute atomic E-state index is 0.00493. The van der Waals surface area contributed by atoms with Gasteiger partial charge < -0.3 is 24.7 Å². The van der Waals surface area contributed by atoms with Crippen molar-refractivity contribution in [3.8, 4) is 11.5 Å². The van der Waals surface area contributed by atoms with E-state index in [-0.39, 0.29) is 35.0 Å². The number of phenols is 2.